The minimum atomic E-state index is -4.96. The zero-order chi connectivity index (χ0) is 70.4. The van der Waals surface area contributed by atoms with Crippen molar-refractivity contribution in [2.75, 3.05) is 39.6 Å². The minimum absolute atomic E-state index is 0.106. The van der Waals surface area contributed by atoms with E-state index >= 15 is 0 Å². The smallest absolute Gasteiger partial charge is 0.462 e. The molecule has 0 radical (unpaired) electrons. The Labute approximate surface area is 588 Å². The Kier molecular flexibility index (Phi) is 70.0. The maximum atomic E-state index is 13.1. The molecule has 3 N–H and O–H groups in total. The molecule has 570 valence electrons. The molecule has 2 unspecified atom stereocenters. The van der Waals surface area contributed by atoms with Gasteiger partial charge in [0.15, 0.2) is 12.2 Å². The van der Waals surface area contributed by atoms with Crippen molar-refractivity contribution in [1.29, 1.82) is 0 Å². The highest BCUT2D eigenvalue weighted by molar-refractivity contribution is 7.47. The first-order chi connectivity index (χ1) is 46.7. The molecule has 0 aliphatic rings. The highest BCUT2D eigenvalue weighted by Gasteiger charge is 2.30. The summed E-state index contributed by atoms with van der Waals surface area (Å²) < 4.78 is 68.4. The van der Waals surface area contributed by atoms with Crippen LogP contribution in [0.2, 0.25) is 0 Å². The molecule has 0 rings (SSSR count). The summed E-state index contributed by atoms with van der Waals surface area (Å²) in [6, 6.07) is 0. The zero-order valence-corrected chi connectivity index (χ0v) is 64.1. The number of carbonyl (C=O) groups is 4. The monoisotopic (exact) mass is 1410 g/mol. The van der Waals surface area contributed by atoms with Crippen LogP contribution in [0.25, 0.3) is 0 Å². The summed E-state index contributed by atoms with van der Waals surface area (Å²) in [6.07, 6.45) is 62.6. The number of hydrogen-bond donors (Lipinski definition) is 3. The highest BCUT2D eigenvalue weighted by atomic mass is 31.2. The van der Waals surface area contributed by atoms with Gasteiger partial charge in [-0.25, -0.2) is 9.13 Å². The molecule has 0 heterocycles. The van der Waals surface area contributed by atoms with Crippen molar-refractivity contribution in [1.82, 2.24) is 0 Å². The van der Waals surface area contributed by atoms with Gasteiger partial charge in [0.25, 0.3) is 0 Å². The predicted molar refractivity (Wildman–Crippen MR) is 391 cm³/mol. The number of rotatable bonds is 78. The van der Waals surface area contributed by atoms with E-state index in [1.807, 2.05) is 0 Å². The van der Waals surface area contributed by atoms with E-state index in [4.69, 9.17) is 37.0 Å². The van der Waals surface area contributed by atoms with Crippen LogP contribution in [0.4, 0.5) is 0 Å². The molecule has 0 amide bonds. The van der Waals surface area contributed by atoms with Crippen molar-refractivity contribution in [2.24, 2.45) is 0 Å². The van der Waals surface area contributed by atoms with Crippen LogP contribution in [0, 0.1) is 0 Å². The number of phosphoric acid groups is 2. The van der Waals surface area contributed by atoms with Gasteiger partial charge < -0.3 is 33.8 Å². The summed E-state index contributed by atoms with van der Waals surface area (Å²) in [5.74, 6) is -2.11. The Morgan fingerprint density at radius 1 is 0.250 bits per heavy atom. The maximum Gasteiger partial charge on any atom is 0.472 e. The van der Waals surface area contributed by atoms with Gasteiger partial charge in [-0.3, -0.25) is 37.3 Å². The molecular weight excluding hydrogens is 1260 g/mol. The highest BCUT2D eigenvalue weighted by Crippen LogP contribution is 2.45. The summed E-state index contributed by atoms with van der Waals surface area (Å²) in [7, 11) is -9.90. The standard InChI is InChI=1S/C77H150O17P2/c1-5-9-13-17-21-25-27-29-31-33-34-35-36-37-38-40-42-44-48-52-56-60-64-77(82)94-73(68-88-75(80)62-58-54-50-47-43-41-39-32-30-28-26-22-18-14-10-6-2)70-92-96(85,86)90-66-71(78)65-89-95(83,84)91-69-72(93-76(81)63-59-55-51-46-24-20-16-12-8-4)67-87-74(79)61-57-53-49-45-23-19-15-11-7-3/h71-73,78H,5-70H2,1-4H3,(H,83,84)(H,85,86)/t71-,72+,73+/m0/s1. The van der Waals surface area contributed by atoms with Crippen molar-refractivity contribution in [3.8, 4) is 0 Å². The molecule has 19 heteroatoms. The lowest BCUT2D eigenvalue weighted by Gasteiger charge is -2.21. The summed E-state index contributed by atoms with van der Waals surface area (Å²) in [6.45, 7) is 4.96. The van der Waals surface area contributed by atoms with E-state index in [0.29, 0.717) is 25.7 Å². The number of esters is 4. The average Bonchev–Trinajstić information content (AvgIpc) is 1.24. The molecule has 0 aromatic rings. The molecule has 0 aliphatic carbocycles. The quantitative estimate of drug-likeness (QED) is 0.0222. The molecule has 0 fully saturated rings. The van der Waals surface area contributed by atoms with Crippen LogP contribution in [0.5, 0.6) is 0 Å². The fourth-order valence-electron chi connectivity index (χ4n) is 11.9. The van der Waals surface area contributed by atoms with Crippen molar-refractivity contribution >= 4 is 39.5 Å². The lowest BCUT2D eigenvalue weighted by molar-refractivity contribution is -0.161. The van der Waals surface area contributed by atoms with E-state index in [1.165, 1.54) is 244 Å². The van der Waals surface area contributed by atoms with Gasteiger partial charge in [-0.15, -0.1) is 0 Å². The van der Waals surface area contributed by atoms with Crippen molar-refractivity contribution in [2.45, 2.75) is 431 Å². The van der Waals surface area contributed by atoms with Crippen LogP contribution in [0.3, 0.4) is 0 Å². The maximum absolute atomic E-state index is 13.1. The molecule has 0 saturated heterocycles. The van der Waals surface area contributed by atoms with Crippen LogP contribution < -0.4 is 0 Å². The molecule has 0 aromatic carbocycles. The van der Waals surface area contributed by atoms with E-state index in [9.17, 15) is 43.2 Å². The molecule has 0 saturated carbocycles. The fraction of sp³-hybridized carbons (Fsp3) is 0.948. The Bertz CT molecular complexity index is 1830. The molecule has 0 bridgehead atoms. The summed E-state index contributed by atoms with van der Waals surface area (Å²) in [5, 5.41) is 10.6. The first-order valence-corrected chi connectivity index (χ1v) is 43.3. The van der Waals surface area contributed by atoms with Crippen LogP contribution in [-0.2, 0) is 65.4 Å². The Morgan fingerprint density at radius 2 is 0.417 bits per heavy atom. The number of carbonyl (C=O) groups excluding carboxylic acids is 4. The van der Waals surface area contributed by atoms with E-state index in [1.54, 1.807) is 0 Å². The van der Waals surface area contributed by atoms with E-state index in [0.717, 1.165) is 89.9 Å². The van der Waals surface area contributed by atoms with Gasteiger partial charge in [-0.2, -0.15) is 0 Å². The minimum Gasteiger partial charge on any atom is -0.462 e. The van der Waals surface area contributed by atoms with Gasteiger partial charge in [-0.05, 0) is 25.7 Å². The normalized spacial score (nSPS) is 13.9. The average molecular weight is 1410 g/mol. The number of unbranched alkanes of at least 4 members (excludes halogenated alkanes) is 52. The lowest BCUT2D eigenvalue weighted by atomic mass is 10.0. The van der Waals surface area contributed by atoms with Gasteiger partial charge >= 0.3 is 39.5 Å². The second-order valence-corrected chi connectivity index (χ2v) is 30.7. The van der Waals surface area contributed by atoms with Crippen LogP contribution in [0.1, 0.15) is 413 Å². The molecule has 96 heavy (non-hydrogen) atoms. The molecule has 5 atom stereocenters. The number of aliphatic hydroxyl groups is 1. The van der Waals surface area contributed by atoms with E-state index in [2.05, 4.69) is 27.7 Å². The largest absolute Gasteiger partial charge is 0.472 e. The molecule has 17 nitrogen and oxygen atoms in total. The molecular formula is C77H150O17P2. The third-order valence-corrected chi connectivity index (χ3v) is 20.0. The topological polar surface area (TPSA) is 237 Å². The predicted octanol–water partition coefficient (Wildman–Crippen LogP) is 23.0. The van der Waals surface area contributed by atoms with Crippen LogP contribution in [-0.4, -0.2) is 96.7 Å². The third kappa shape index (κ3) is 70.5. The van der Waals surface area contributed by atoms with Crippen LogP contribution in [0.15, 0.2) is 0 Å². The molecule has 0 aromatic heterocycles. The van der Waals surface area contributed by atoms with E-state index in [-0.39, 0.29) is 25.7 Å². The number of hydrogen-bond acceptors (Lipinski definition) is 15. The van der Waals surface area contributed by atoms with Crippen molar-refractivity contribution in [3.63, 3.8) is 0 Å². The first-order valence-electron chi connectivity index (χ1n) is 40.3. The Balaban J connectivity index is 5.15. The Morgan fingerprint density at radius 3 is 0.615 bits per heavy atom. The lowest BCUT2D eigenvalue weighted by Crippen LogP contribution is -2.30. The van der Waals surface area contributed by atoms with Gasteiger partial charge in [0.2, 0.25) is 0 Å². The summed E-state index contributed by atoms with van der Waals surface area (Å²) in [4.78, 5) is 72.7. The summed E-state index contributed by atoms with van der Waals surface area (Å²) in [5.41, 5.74) is 0. The molecule has 0 aliphatic heterocycles. The SMILES string of the molecule is CCCCCCCCCCCCCCCCCCCCCCCCC(=O)O[C@H](COC(=O)CCCCCCCCCCCCCCCCCC)COP(=O)(O)OC[C@@H](O)COP(=O)(O)OC[C@@H](COC(=O)CCCCCCCCCCC)OC(=O)CCCCCCCCCCC. The fourth-order valence-corrected chi connectivity index (χ4v) is 13.5. The number of aliphatic hydroxyl groups excluding tert-OH is 1. The first kappa shape index (κ1) is 94.1. The zero-order valence-electron chi connectivity index (χ0n) is 62.4. The van der Waals surface area contributed by atoms with Gasteiger partial charge in [0, 0.05) is 25.7 Å². The van der Waals surface area contributed by atoms with Gasteiger partial charge in [0.1, 0.15) is 19.3 Å². The van der Waals surface area contributed by atoms with Gasteiger partial charge in [0.05, 0.1) is 26.4 Å². The Hall–Kier alpha value is -1.94. The van der Waals surface area contributed by atoms with Crippen LogP contribution >= 0.6 is 15.6 Å². The number of phosphoric ester groups is 2. The second kappa shape index (κ2) is 71.5. The van der Waals surface area contributed by atoms with E-state index < -0.39 is 97.5 Å². The van der Waals surface area contributed by atoms with Crippen molar-refractivity contribution in [3.05, 3.63) is 0 Å². The second-order valence-electron chi connectivity index (χ2n) is 27.7. The molecule has 0 spiro atoms. The van der Waals surface area contributed by atoms with Crippen molar-refractivity contribution < 1.29 is 80.2 Å². The number of ether oxygens (including phenoxy) is 4. The third-order valence-electron chi connectivity index (χ3n) is 18.1. The van der Waals surface area contributed by atoms with Gasteiger partial charge in [-0.1, -0.05) is 362 Å². The summed E-state index contributed by atoms with van der Waals surface area (Å²) >= 11 is 0.